The second-order valence-corrected chi connectivity index (χ2v) is 12.1. The minimum Gasteiger partial charge on any atom is -0.489 e. The number of carbonyl (C=O) groups excluding carboxylic acids is 1. The van der Waals surface area contributed by atoms with Crippen LogP contribution < -0.4 is 19.8 Å². The van der Waals surface area contributed by atoms with E-state index < -0.39 is 34.3 Å². The highest BCUT2D eigenvalue weighted by Crippen LogP contribution is 2.38. The van der Waals surface area contributed by atoms with Crippen LogP contribution in [-0.4, -0.2) is 38.8 Å². The maximum Gasteiger partial charge on any atom is 0.387 e. The SMILES string of the molecule is Cc1ccc(C(=O)OC(Cc2c(Cl)c[nH]c(=O)c2Cl)c2ccc(OC(F)F)c(OCC3CC3)c2)cc1NS(C)(=O)=O. The number of benzene rings is 2. The molecule has 0 saturated heterocycles. The molecule has 41 heavy (non-hydrogen) atoms. The molecule has 1 saturated carbocycles. The molecule has 1 unspecified atom stereocenters. The Morgan fingerprint density at radius 2 is 1.88 bits per heavy atom. The first-order valence-electron chi connectivity index (χ1n) is 12.4. The number of carbonyl (C=O) groups is 1. The Kier molecular flexibility index (Phi) is 9.45. The van der Waals surface area contributed by atoms with Crippen LogP contribution in [0.3, 0.4) is 0 Å². The summed E-state index contributed by atoms with van der Waals surface area (Å²) >= 11 is 12.5. The molecule has 0 spiro atoms. The van der Waals surface area contributed by atoms with Gasteiger partial charge in [-0.1, -0.05) is 35.3 Å². The van der Waals surface area contributed by atoms with Crippen molar-refractivity contribution in [1.82, 2.24) is 4.98 Å². The molecule has 14 heteroatoms. The highest BCUT2D eigenvalue weighted by atomic mass is 35.5. The van der Waals surface area contributed by atoms with Gasteiger partial charge in [-0.3, -0.25) is 9.52 Å². The molecule has 220 valence electrons. The molecule has 0 aliphatic heterocycles. The van der Waals surface area contributed by atoms with Crippen LogP contribution in [0, 0.1) is 12.8 Å². The molecule has 1 heterocycles. The Morgan fingerprint density at radius 1 is 1.15 bits per heavy atom. The third-order valence-electron chi connectivity index (χ3n) is 6.22. The molecule has 0 bridgehead atoms. The number of ether oxygens (including phenoxy) is 3. The van der Waals surface area contributed by atoms with Crippen molar-refractivity contribution in [3.8, 4) is 11.5 Å². The molecule has 1 aliphatic carbocycles. The monoisotopic (exact) mass is 630 g/mol. The highest BCUT2D eigenvalue weighted by Gasteiger charge is 2.27. The van der Waals surface area contributed by atoms with E-state index in [9.17, 15) is 26.8 Å². The van der Waals surface area contributed by atoms with E-state index in [4.69, 9.17) is 32.7 Å². The van der Waals surface area contributed by atoms with Crippen LogP contribution >= 0.6 is 23.2 Å². The van der Waals surface area contributed by atoms with Gasteiger partial charge < -0.3 is 19.2 Å². The average Bonchev–Trinajstić information content (AvgIpc) is 3.72. The minimum atomic E-state index is -3.63. The molecule has 2 aromatic carbocycles. The van der Waals surface area contributed by atoms with Crippen LogP contribution in [0.1, 0.15) is 46.0 Å². The van der Waals surface area contributed by atoms with E-state index in [0.717, 1.165) is 19.1 Å². The summed E-state index contributed by atoms with van der Waals surface area (Å²) in [5.41, 5.74) is 0.672. The number of pyridine rings is 1. The van der Waals surface area contributed by atoms with Crippen molar-refractivity contribution in [3.05, 3.63) is 85.2 Å². The fraction of sp³-hybridized carbons (Fsp3) is 0.333. The van der Waals surface area contributed by atoms with Gasteiger partial charge in [0.15, 0.2) is 11.5 Å². The van der Waals surface area contributed by atoms with Gasteiger partial charge in [-0.25, -0.2) is 13.2 Å². The second kappa shape index (κ2) is 12.7. The number of aromatic nitrogens is 1. The molecule has 1 fully saturated rings. The standard InChI is InChI=1S/C27H26Cl2F2N2O7S/c1-14-3-6-17(9-20(14)33-41(2,36)37)26(35)39-22(11-18-19(28)12-32-25(34)24(18)29)16-7-8-21(40-27(30)31)23(10-16)38-13-15-4-5-15/h3,6-10,12,15,22,27,33H,4-5,11,13H2,1-2H3,(H,32,34). The minimum absolute atomic E-state index is 0.0221. The van der Waals surface area contributed by atoms with E-state index in [-0.39, 0.29) is 44.8 Å². The Labute approximate surface area is 244 Å². The van der Waals surface area contributed by atoms with Crippen molar-refractivity contribution in [2.45, 2.75) is 38.9 Å². The number of esters is 1. The van der Waals surface area contributed by atoms with Gasteiger partial charge in [-0.2, -0.15) is 8.78 Å². The number of alkyl halides is 2. The van der Waals surface area contributed by atoms with Gasteiger partial charge in [0.05, 0.1) is 29.1 Å². The topological polar surface area (TPSA) is 124 Å². The lowest BCUT2D eigenvalue weighted by molar-refractivity contribution is -0.0515. The number of nitrogens with one attached hydrogen (secondary N) is 2. The van der Waals surface area contributed by atoms with Crippen molar-refractivity contribution < 1.29 is 36.2 Å². The number of hydrogen-bond donors (Lipinski definition) is 2. The first kappa shape index (κ1) is 30.6. The molecule has 1 aromatic heterocycles. The zero-order chi connectivity index (χ0) is 29.9. The Hall–Kier alpha value is -3.35. The number of sulfonamides is 1. The Bertz CT molecular complexity index is 1610. The lowest BCUT2D eigenvalue weighted by Gasteiger charge is -2.22. The summed E-state index contributed by atoms with van der Waals surface area (Å²) in [6.07, 6.45) is 2.85. The molecule has 9 nitrogen and oxygen atoms in total. The van der Waals surface area contributed by atoms with E-state index >= 15 is 0 Å². The van der Waals surface area contributed by atoms with Crippen LogP contribution in [0.15, 0.2) is 47.4 Å². The van der Waals surface area contributed by atoms with Gasteiger partial charge in [0.1, 0.15) is 11.1 Å². The van der Waals surface area contributed by atoms with Crippen LogP contribution in [0.25, 0.3) is 0 Å². The van der Waals surface area contributed by atoms with Crippen LogP contribution in [0.2, 0.25) is 10.0 Å². The van der Waals surface area contributed by atoms with Gasteiger partial charge >= 0.3 is 12.6 Å². The molecule has 0 amide bonds. The van der Waals surface area contributed by atoms with Crippen molar-refractivity contribution >= 4 is 44.9 Å². The van der Waals surface area contributed by atoms with Gasteiger partial charge in [0.2, 0.25) is 10.0 Å². The quantitative estimate of drug-likeness (QED) is 0.239. The van der Waals surface area contributed by atoms with E-state index in [1.807, 2.05) is 0 Å². The zero-order valence-electron chi connectivity index (χ0n) is 21.9. The van der Waals surface area contributed by atoms with Crippen molar-refractivity contribution in [2.75, 3.05) is 17.6 Å². The molecule has 2 N–H and O–H groups in total. The van der Waals surface area contributed by atoms with Crippen molar-refractivity contribution in [1.29, 1.82) is 0 Å². The predicted octanol–water partition coefficient (Wildman–Crippen LogP) is 5.89. The van der Waals surface area contributed by atoms with Crippen LogP contribution in [0.5, 0.6) is 11.5 Å². The zero-order valence-corrected chi connectivity index (χ0v) is 24.2. The summed E-state index contributed by atoms with van der Waals surface area (Å²) in [6, 6.07) is 8.43. The summed E-state index contributed by atoms with van der Waals surface area (Å²) in [7, 11) is -3.63. The fourth-order valence-electron chi connectivity index (χ4n) is 3.90. The summed E-state index contributed by atoms with van der Waals surface area (Å²) in [5, 5.41) is -0.107. The normalized spacial score (nSPS) is 14.0. The maximum absolute atomic E-state index is 13.3. The van der Waals surface area contributed by atoms with E-state index in [2.05, 4.69) is 14.4 Å². The number of H-pyrrole nitrogens is 1. The van der Waals surface area contributed by atoms with E-state index in [1.165, 1.54) is 36.5 Å². The summed E-state index contributed by atoms with van der Waals surface area (Å²) in [6.45, 7) is -1.14. The number of aryl methyl sites for hydroxylation is 1. The molecular weight excluding hydrogens is 605 g/mol. The van der Waals surface area contributed by atoms with Crippen molar-refractivity contribution in [3.63, 3.8) is 0 Å². The highest BCUT2D eigenvalue weighted by molar-refractivity contribution is 7.92. The molecule has 3 aromatic rings. The number of hydrogen-bond acceptors (Lipinski definition) is 7. The number of aromatic amines is 1. The summed E-state index contributed by atoms with van der Waals surface area (Å²) in [4.78, 5) is 27.9. The molecule has 0 radical (unpaired) electrons. The Morgan fingerprint density at radius 3 is 2.54 bits per heavy atom. The molecule has 4 rings (SSSR count). The first-order valence-corrected chi connectivity index (χ1v) is 15.0. The lowest BCUT2D eigenvalue weighted by atomic mass is 10.0. The van der Waals surface area contributed by atoms with Crippen LogP contribution in [0.4, 0.5) is 14.5 Å². The fourth-order valence-corrected chi connectivity index (χ4v) is 5.03. The second-order valence-electron chi connectivity index (χ2n) is 9.60. The lowest BCUT2D eigenvalue weighted by Crippen LogP contribution is -2.18. The third kappa shape index (κ3) is 8.34. The summed E-state index contributed by atoms with van der Waals surface area (Å²) in [5.74, 6) is -0.709. The van der Waals surface area contributed by atoms with Gasteiger partial charge in [-0.05, 0) is 61.1 Å². The first-order chi connectivity index (χ1) is 19.3. The molecule has 1 atom stereocenters. The molecular formula is C27H26Cl2F2N2O7S. The third-order valence-corrected chi connectivity index (χ3v) is 7.54. The smallest absolute Gasteiger partial charge is 0.387 e. The van der Waals surface area contributed by atoms with E-state index in [1.54, 1.807) is 13.0 Å². The van der Waals surface area contributed by atoms with Gasteiger partial charge in [-0.15, -0.1) is 0 Å². The molecule has 1 aliphatic rings. The predicted molar refractivity (Wildman–Crippen MR) is 150 cm³/mol. The van der Waals surface area contributed by atoms with Crippen LogP contribution in [-0.2, 0) is 21.2 Å². The number of halogens is 4. The van der Waals surface area contributed by atoms with E-state index in [0.29, 0.717) is 23.7 Å². The number of anilines is 1. The average molecular weight is 631 g/mol. The Balaban J connectivity index is 1.72. The maximum atomic E-state index is 13.3. The number of rotatable bonds is 12. The summed E-state index contributed by atoms with van der Waals surface area (Å²) < 4.78 is 68.2. The van der Waals surface area contributed by atoms with Gasteiger partial charge in [0, 0.05) is 18.2 Å². The van der Waals surface area contributed by atoms with Crippen molar-refractivity contribution in [2.24, 2.45) is 5.92 Å². The largest absolute Gasteiger partial charge is 0.489 e. The van der Waals surface area contributed by atoms with Gasteiger partial charge in [0.25, 0.3) is 5.56 Å².